The van der Waals surface area contributed by atoms with E-state index in [2.05, 4.69) is 18.2 Å². The summed E-state index contributed by atoms with van der Waals surface area (Å²) in [5.41, 5.74) is 0. The van der Waals surface area contributed by atoms with E-state index in [1.807, 2.05) is 11.8 Å². The summed E-state index contributed by atoms with van der Waals surface area (Å²) in [5, 5.41) is 11.4. The molecule has 0 rings (SSSR count). The molecule has 0 aliphatic carbocycles. The lowest BCUT2D eigenvalue weighted by Gasteiger charge is -2.19. The zero-order chi connectivity index (χ0) is 13.8. The SMILES string of the molecule is C=CCN(CC(=O)O)C(=O)NCCCCCSC. The fraction of sp³-hybridized carbons (Fsp3) is 0.667. The summed E-state index contributed by atoms with van der Waals surface area (Å²) in [6, 6.07) is -0.345. The monoisotopic (exact) mass is 274 g/mol. The van der Waals surface area contributed by atoms with E-state index < -0.39 is 5.97 Å². The van der Waals surface area contributed by atoms with Gasteiger partial charge in [0.15, 0.2) is 0 Å². The number of unbranched alkanes of at least 4 members (excludes halogenated alkanes) is 2. The first-order valence-corrected chi connectivity index (χ1v) is 7.35. The summed E-state index contributed by atoms with van der Waals surface area (Å²) in [6.45, 7) is 4.03. The maximum atomic E-state index is 11.7. The minimum atomic E-state index is -1.02. The van der Waals surface area contributed by atoms with Crippen molar-refractivity contribution in [2.45, 2.75) is 19.3 Å². The lowest BCUT2D eigenvalue weighted by Crippen LogP contribution is -2.43. The van der Waals surface area contributed by atoms with Crippen molar-refractivity contribution in [1.82, 2.24) is 10.2 Å². The van der Waals surface area contributed by atoms with Gasteiger partial charge in [-0.2, -0.15) is 11.8 Å². The Morgan fingerprint density at radius 3 is 2.67 bits per heavy atom. The summed E-state index contributed by atoms with van der Waals surface area (Å²) in [5.74, 6) is 0.113. The molecule has 2 amide bonds. The van der Waals surface area contributed by atoms with Gasteiger partial charge >= 0.3 is 12.0 Å². The van der Waals surface area contributed by atoms with Crippen LogP contribution in [0.1, 0.15) is 19.3 Å². The van der Waals surface area contributed by atoms with E-state index in [1.54, 1.807) is 0 Å². The third-order valence-corrected chi connectivity index (χ3v) is 2.96. The van der Waals surface area contributed by atoms with Crippen molar-refractivity contribution in [2.24, 2.45) is 0 Å². The van der Waals surface area contributed by atoms with E-state index >= 15 is 0 Å². The molecule has 0 fully saturated rings. The fourth-order valence-corrected chi connectivity index (χ4v) is 1.89. The highest BCUT2D eigenvalue weighted by atomic mass is 32.2. The zero-order valence-corrected chi connectivity index (χ0v) is 11.7. The molecule has 5 nitrogen and oxygen atoms in total. The summed E-state index contributed by atoms with van der Waals surface area (Å²) in [6.07, 6.45) is 6.72. The number of amides is 2. The number of carbonyl (C=O) groups is 2. The molecule has 104 valence electrons. The highest BCUT2D eigenvalue weighted by Crippen LogP contribution is 2.01. The lowest BCUT2D eigenvalue weighted by molar-refractivity contribution is -0.137. The molecule has 0 atom stereocenters. The van der Waals surface area contributed by atoms with Gasteiger partial charge in [0.1, 0.15) is 6.54 Å². The summed E-state index contributed by atoms with van der Waals surface area (Å²) >= 11 is 1.81. The molecular formula is C12H22N2O3S. The van der Waals surface area contributed by atoms with Crippen molar-refractivity contribution in [3.05, 3.63) is 12.7 Å². The molecule has 0 aromatic heterocycles. The number of hydrogen-bond donors (Lipinski definition) is 2. The predicted octanol–water partition coefficient (Wildman–Crippen LogP) is 1.80. The van der Waals surface area contributed by atoms with Gasteiger partial charge in [0.25, 0.3) is 0 Å². The molecule has 0 bridgehead atoms. The number of hydrogen-bond acceptors (Lipinski definition) is 3. The van der Waals surface area contributed by atoms with Gasteiger partial charge in [-0.1, -0.05) is 12.5 Å². The molecular weight excluding hydrogens is 252 g/mol. The fourth-order valence-electron chi connectivity index (χ4n) is 1.39. The average molecular weight is 274 g/mol. The molecule has 0 aromatic rings. The van der Waals surface area contributed by atoms with Gasteiger partial charge in [-0.15, -0.1) is 6.58 Å². The number of rotatable bonds is 10. The van der Waals surface area contributed by atoms with E-state index in [0.717, 1.165) is 25.0 Å². The van der Waals surface area contributed by atoms with Crippen LogP contribution in [-0.2, 0) is 4.79 Å². The molecule has 0 spiro atoms. The van der Waals surface area contributed by atoms with E-state index in [4.69, 9.17) is 5.11 Å². The molecule has 0 unspecified atom stereocenters. The molecule has 0 radical (unpaired) electrons. The summed E-state index contributed by atoms with van der Waals surface area (Å²) < 4.78 is 0. The minimum Gasteiger partial charge on any atom is -0.480 e. The molecule has 2 N–H and O–H groups in total. The number of aliphatic carboxylic acids is 1. The predicted molar refractivity (Wildman–Crippen MR) is 75.0 cm³/mol. The number of nitrogens with one attached hydrogen (secondary N) is 1. The van der Waals surface area contributed by atoms with Crippen molar-refractivity contribution in [2.75, 3.05) is 31.6 Å². The first-order valence-electron chi connectivity index (χ1n) is 5.96. The quantitative estimate of drug-likeness (QED) is 0.471. The second-order valence-corrected chi connectivity index (χ2v) is 4.83. The molecule has 6 heteroatoms. The van der Waals surface area contributed by atoms with Gasteiger partial charge in [0.05, 0.1) is 0 Å². The molecule has 0 aromatic carbocycles. The average Bonchev–Trinajstić information content (AvgIpc) is 2.32. The number of thioether (sulfide) groups is 1. The Morgan fingerprint density at radius 2 is 2.11 bits per heavy atom. The molecule has 0 aliphatic rings. The highest BCUT2D eigenvalue weighted by molar-refractivity contribution is 7.98. The minimum absolute atomic E-state index is 0.241. The largest absolute Gasteiger partial charge is 0.480 e. The Balaban J connectivity index is 3.81. The second-order valence-electron chi connectivity index (χ2n) is 3.85. The maximum Gasteiger partial charge on any atom is 0.323 e. The smallest absolute Gasteiger partial charge is 0.323 e. The number of nitrogens with zero attached hydrogens (tertiary/aromatic N) is 1. The van der Waals surface area contributed by atoms with Gasteiger partial charge in [-0.25, -0.2) is 4.79 Å². The topological polar surface area (TPSA) is 69.6 Å². The van der Waals surface area contributed by atoms with Crippen LogP contribution in [-0.4, -0.2) is 53.6 Å². The lowest BCUT2D eigenvalue weighted by atomic mass is 10.2. The van der Waals surface area contributed by atoms with Crippen LogP contribution >= 0.6 is 11.8 Å². The molecule has 0 saturated carbocycles. The zero-order valence-electron chi connectivity index (χ0n) is 10.9. The Hall–Kier alpha value is -1.17. The van der Waals surface area contributed by atoms with E-state index in [1.165, 1.54) is 11.0 Å². The van der Waals surface area contributed by atoms with Crippen molar-refractivity contribution < 1.29 is 14.7 Å². The van der Waals surface area contributed by atoms with Crippen LogP contribution in [0, 0.1) is 0 Å². The Kier molecular flexibility index (Phi) is 10.2. The normalized spacial score (nSPS) is 9.83. The van der Waals surface area contributed by atoms with Crippen molar-refractivity contribution in [3.8, 4) is 0 Å². The van der Waals surface area contributed by atoms with Gasteiger partial charge in [-0.05, 0) is 24.9 Å². The third-order valence-electron chi connectivity index (χ3n) is 2.26. The van der Waals surface area contributed by atoms with E-state index in [-0.39, 0.29) is 19.1 Å². The maximum absolute atomic E-state index is 11.7. The van der Waals surface area contributed by atoms with Crippen LogP contribution in [0.25, 0.3) is 0 Å². The summed E-state index contributed by atoms with van der Waals surface area (Å²) in [4.78, 5) is 23.5. The van der Waals surface area contributed by atoms with Crippen molar-refractivity contribution >= 4 is 23.8 Å². The first kappa shape index (κ1) is 16.8. The van der Waals surface area contributed by atoms with Gasteiger partial charge in [-0.3, -0.25) is 4.79 Å². The molecule has 0 saturated heterocycles. The van der Waals surface area contributed by atoms with Crippen LogP contribution in [0.15, 0.2) is 12.7 Å². The van der Waals surface area contributed by atoms with Crippen LogP contribution in [0.3, 0.4) is 0 Å². The van der Waals surface area contributed by atoms with Crippen LogP contribution in [0.5, 0.6) is 0 Å². The van der Waals surface area contributed by atoms with Gasteiger partial charge < -0.3 is 15.3 Å². The van der Waals surface area contributed by atoms with Crippen molar-refractivity contribution in [3.63, 3.8) is 0 Å². The van der Waals surface area contributed by atoms with Gasteiger partial charge in [0.2, 0.25) is 0 Å². The molecule has 18 heavy (non-hydrogen) atoms. The van der Waals surface area contributed by atoms with E-state index in [0.29, 0.717) is 6.54 Å². The van der Waals surface area contributed by atoms with Gasteiger partial charge in [0, 0.05) is 13.1 Å². The third kappa shape index (κ3) is 8.92. The van der Waals surface area contributed by atoms with E-state index in [9.17, 15) is 9.59 Å². The number of carboxylic acid groups (broad SMARTS) is 1. The first-order chi connectivity index (χ1) is 8.61. The molecule has 0 aliphatic heterocycles. The number of carbonyl (C=O) groups excluding carboxylic acids is 1. The number of urea groups is 1. The number of carboxylic acids is 1. The standard InChI is InChI=1S/C12H22N2O3S/c1-3-8-14(10-11(15)16)12(17)13-7-5-4-6-9-18-2/h3H,1,4-10H2,2H3,(H,13,17)(H,15,16). The highest BCUT2D eigenvalue weighted by Gasteiger charge is 2.14. The Morgan fingerprint density at radius 1 is 1.39 bits per heavy atom. The van der Waals surface area contributed by atoms with Crippen LogP contribution < -0.4 is 5.32 Å². The van der Waals surface area contributed by atoms with Crippen LogP contribution in [0.2, 0.25) is 0 Å². The second kappa shape index (κ2) is 11.0. The Bertz CT molecular complexity index is 272. The molecule has 0 heterocycles. The van der Waals surface area contributed by atoms with Crippen molar-refractivity contribution in [1.29, 1.82) is 0 Å². The van der Waals surface area contributed by atoms with Crippen LogP contribution in [0.4, 0.5) is 4.79 Å². The summed E-state index contributed by atoms with van der Waals surface area (Å²) in [7, 11) is 0. The Labute approximate surface area is 113 Å².